The van der Waals surface area contributed by atoms with Gasteiger partial charge in [0.25, 0.3) is 11.8 Å². The van der Waals surface area contributed by atoms with E-state index in [0.29, 0.717) is 27.4 Å². The van der Waals surface area contributed by atoms with Crippen molar-refractivity contribution in [1.29, 1.82) is 0 Å². The third-order valence-electron chi connectivity index (χ3n) is 5.04. The molecule has 35 heavy (non-hydrogen) atoms. The van der Waals surface area contributed by atoms with Crippen LogP contribution in [-0.4, -0.2) is 24.1 Å². The zero-order chi connectivity index (χ0) is 25.4. The van der Waals surface area contributed by atoms with E-state index in [1.165, 1.54) is 24.4 Å². The quantitative estimate of drug-likeness (QED) is 0.259. The number of nitrogens with one attached hydrogen (secondary N) is 2. The van der Waals surface area contributed by atoms with Gasteiger partial charge in [0.05, 0.1) is 16.3 Å². The minimum absolute atomic E-state index is 0.129. The highest BCUT2D eigenvalue weighted by Crippen LogP contribution is 2.27. The summed E-state index contributed by atoms with van der Waals surface area (Å²) >= 11 is 9.63. The highest BCUT2D eigenvalue weighted by Gasteiger charge is 2.25. The number of halogens is 3. The molecule has 0 heterocycles. The van der Waals surface area contributed by atoms with Crippen molar-refractivity contribution in [3.63, 3.8) is 0 Å². The van der Waals surface area contributed by atoms with Crippen molar-refractivity contribution in [1.82, 2.24) is 10.7 Å². The van der Waals surface area contributed by atoms with Crippen LogP contribution in [0.5, 0.6) is 5.75 Å². The Morgan fingerprint density at radius 1 is 1.11 bits per heavy atom. The third kappa shape index (κ3) is 7.37. The fraction of sp³-hybridized carbons (Fsp3) is 0.192. The Morgan fingerprint density at radius 3 is 2.51 bits per heavy atom. The molecule has 0 bridgehead atoms. The second-order valence-electron chi connectivity index (χ2n) is 7.98. The standard InChI is InChI=1S/C26H24BrClFN3O3/c1-16(2)24(31-25(33)19-8-4-6-10-22(19)29)26(34)32-30-14-17-11-12-23(20(27)13-17)35-15-18-7-3-5-9-21(18)28/h3-14,16,24H,15H2,1-2H3,(H,31,33)(H,32,34). The van der Waals surface area contributed by atoms with Crippen molar-refractivity contribution in [2.24, 2.45) is 11.0 Å². The number of amides is 2. The van der Waals surface area contributed by atoms with Crippen molar-refractivity contribution >= 4 is 45.6 Å². The van der Waals surface area contributed by atoms with Gasteiger partial charge in [-0.05, 0) is 63.8 Å². The zero-order valence-corrected chi connectivity index (χ0v) is 21.4. The molecule has 182 valence electrons. The molecule has 0 aromatic heterocycles. The maximum absolute atomic E-state index is 13.9. The number of ether oxygens (including phenoxy) is 1. The van der Waals surface area contributed by atoms with Crippen molar-refractivity contribution in [3.05, 3.63) is 98.7 Å². The lowest BCUT2D eigenvalue weighted by molar-refractivity contribution is -0.123. The van der Waals surface area contributed by atoms with E-state index in [-0.39, 0.29) is 11.5 Å². The number of nitrogens with zero attached hydrogens (tertiary/aromatic N) is 1. The van der Waals surface area contributed by atoms with Crippen LogP contribution < -0.4 is 15.5 Å². The second-order valence-corrected chi connectivity index (χ2v) is 9.24. The fourth-order valence-electron chi connectivity index (χ4n) is 3.12. The highest BCUT2D eigenvalue weighted by molar-refractivity contribution is 9.10. The maximum atomic E-state index is 13.9. The molecule has 9 heteroatoms. The molecular formula is C26H24BrClFN3O3. The zero-order valence-electron chi connectivity index (χ0n) is 19.1. The average Bonchev–Trinajstić information content (AvgIpc) is 2.82. The summed E-state index contributed by atoms with van der Waals surface area (Å²) in [7, 11) is 0. The van der Waals surface area contributed by atoms with Gasteiger partial charge in [-0.25, -0.2) is 9.82 Å². The number of benzene rings is 3. The van der Waals surface area contributed by atoms with Crippen LogP contribution in [0, 0.1) is 11.7 Å². The monoisotopic (exact) mass is 559 g/mol. The number of hydrazone groups is 1. The second kappa shape index (κ2) is 12.5. The van der Waals surface area contributed by atoms with Gasteiger partial charge in [0.2, 0.25) is 0 Å². The molecule has 0 saturated carbocycles. The first-order valence-corrected chi connectivity index (χ1v) is 12.0. The van der Waals surface area contributed by atoms with Crippen LogP contribution >= 0.6 is 27.5 Å². The Balaban J connectivity index is 1.59. The topological polar surface area (TPSA) is 79.8 Å². The Morgan fingerprint density at radius 2 is 1.83 bits per heavy atom. The molecule has 0 radical (unpaired) electrons. The molecule has 3 aromatic carbocycles. The number of carbonyl (C=O) groups excluding carboxylic acids is 2. The molecule has 2 amide bonds. The summed E-state index contributed by atoms with van der Waals surface area (Å²) in [6, 6.07) is 17.5. The van der Waals surface area contributed by atoms with Gasteiger partial charge < -0.3 is 10.1 Å². The summed E-state index contributed by atoms with van der Waals surface area (Å²) in [5.74, 6) is -1.46. The molecule has 1 unspecified atom stereocenters. The fourth-order valence-corrected chi connectivity index (χ4v) is 3.83. The first-order valence-electron chi connectivity index (χ1n) is 10.8. The summed E-state index contributed by atoms with van der Waals surface area (Å²) in [5.41, 5.74) is 3.88. The lowest BCUT2D eigenvalue weighted by Crippen LogP contribution is -2.48. The van der Waals surface area contributed by atoms with Crippen LogP contribution in [-0.2, 0) is 11.4 Å². The molecule has 0 spiro atoms. The Hall–Kier alpha value is -3.23. The molecular weight excluding hydrogens is 537 g/mol. The van der Waals surface area contributed by atoms with Crippen molar-refractivity contribution in [2.75, 3.05) is 0 Å². The molecule has 0 aliphatic rings. The number of rotatable bonds is 9. The number of hydrogen-bond acceptors (Lipinski definition) is 4. The molecule has 0 fully saturated rings. The van der Waals surface area contributed by atoms with Gasteiger partial charge in [0.1, 0.15) is 24.2 Å². The summed E-state index contributed by atoms with van der Waals surface area (Å²) in [6.07, 6.45) is 1.47. The van der Waals surface area contributed by atoms with Crippen LogP contribution in [0.25, 0.3) is 0 Å². The van der Waals surface area contributed by atoms with E-state index in [0.717, 1.165) is 5.56 Å². The molecule has 0 aliphatic heterocycles. The first kappa shape index (κ1) is 26.4. The predicted molar refractivity (Wildman–Crippen MR) is 138 cm³/mol. The number of hydrogen-bond donors (Lipinski definition) is 2. The van der Waals surface area contributed by atoms with E-state index in [2.05, 4.69) is 31.8 Å². The van der Waals surface area contributed by atoms with Crippen LogP contribution in [0.4, 0.5) is 4.39 Å². The van der Waals surface area contributed by atoms with Crippen molar-refractivity contribution < 1.29 is 18.7 Å². The van der Waals surface area contributed by atoms with E-state index in [4.69, 9.17) is 16.3 Å². The van der Waals surface area contributed by atoms with E-state index >= 15 is 0 Å². The van der Waals surface area contributed by atoms with Gasteiger partial charge in [-0.1, -0.05) is 55.8 Å². The smallest absolute Gasteiger partial charge is 0.262 e. The predicted octanol–water partition coefficient (Wildman–Crippen LogP) is 5.73. The van der Waals surface area contributed by atoms with E-state index < -0.39 is 23.7 Å². The van der Waals surface area contributed by atoms with E-state index in [9.17, 15) is 14.0 Å². The van der Waals surface area contributed by atoms with E-state index in [1.807, 2.05) is 18.2 Å². The van der Waals surface area contributed by atoms with Gasteiger partial charge in [-0.2, -0.15) is 5.10 Å². The summed E-state index contributed by atoms with van der Waals surface area (Å²) in [6.45, 7) is 3.86. The maximum Gasteiger partial charge on any atom is 0.262 e. The van der Waals surface area contributed by atoms with E-state index in [1.54, 1.807) is 44.2 Å². The lowest BCUT2D eigenvalue weighted by Gasteiger charge is -2.20. The summed E-state index contributed by atoms with van der Waals surface area (Å²) in [4.78, 5) is 25.0. The molecule has 6 nitrogen and oxygen atoms in total. The first-order chi connectivity index (χ1) is 16.8. The normalized spacial score (nSPS) is 11.9. The van der Waals surface area contributed by atoms with Gasteiger partial charge in [0, 0.05) is 10.6 Å². The van der Waals surface area contributed by atoms with Gasteiger partial charge in [-0.15, -0.1) is 0 Å². The van der Waals surface area contributed by atoms with Gasteiger partial charge in [0.15, 0.2) is 0 Å². The van der Waals surface area contributed by atoms with Crippen molar-refractivity contribution in [2.45, 2.75) is 26.5 Å². The van der Waals surface area contributed by atoms with Crippen LogP contribution in [0.3, 0.4) is 0 Å². The largest absolute Gasteiger partial charge is 0.488 e. The molecule has 0 saturated heterocycles. The lowest BCUT2D eigenvalue weighted by atomic mass is 10.0. The SMILES string of the molecule is CC(C)C(NC(=O)c1ccccc1F)C(=O)NN=Cc1ccc(OCc2ccccc2Cl)c(Br)c1. The number of carbonyl (C=O) groups is 2. The molecule has 3 rings (SSSR count). The van der Waals surface area contributed by atoms with Crippen LogP contribution in [0.2, 0.25) is 5.02 Å². The Labute approximate surface area is 216 Å². The minimum Gasteiger partial charge on any atom is -0.488 e. The molecule has 3 aromatic rings. The highest BCUT2D eigenvalue weighted by atomic mass is 79.9. The minimum atomic E-state index is -0.897. The molecule has 1 atom stereocenters. The molecule has 0 aliphatic carbocycles. The van der Waals surface area contributed by atoms with Crippen LogP contribution in [0.15, 0.2) is 76.3 Å². The third-order valence-corrected chi connectivity index (χ3v) is 6.03. The average molecular weight is 561 g/mol. The molecule has 2 N–H and O–H groups in total. The van der Waals surface area contributed by atoms with Crippen molar-refractivity contribution in [3.8, 4) is 5.75 Å². The Kier molecular flexibility index (Phi) is 9.39. The van der Waals surface area contributed by atoms with Crippen LogP contribution in [0.1, 0.15) is 35.3 Å². The summed E-state index contributed by atoms with van der Waals surface area (Å²) < 4.78 is 20.4. The summed E-state index contributed by atoms with van der Waals surface area (Å²) in [5, 5.41) is 7.19. The van der Waals surface area contributed by atoms with Gasteiger partial charge in [-0.3, -0.25) is 9.59 Å². The van der Waals surface area contributed by atoms with Gasteiger partial charge >= 0.3 is 0 Å². The Bertz CT molecular complexity index is 1240.